The van der Waals surface area contributed by atoms with Crippen molar-refractivity contribution in [2.45, 2.75) is 56.9 Å². The molecule has 1 atom stereocenters. The van der Waals surface area contributed by atoms with E-state index in [2.05, 4.69) is 10.1 Å². The number of hydrogen-bond donors (Lipinski definition) is 0. The summed E-state index contributed by atoms with van der Waals surface area (Å²) < 4.78 is 48.3. The highest BCUT2D eigenvalue weighted by molar-refractivity contribution is 7.86. The Kier molecular flexibility index (Phi) is 5.98. The SMILES string of the molecule is CN(C1CCCCC1)S(=O)(=O)N1CCCC(c2nc(-c3cccc(F)c3)no2)C1. The molecule has 2 heterocycles. The summed E-state index contributed by atoms with van der Waals surface area (Å²) in [6, 6.07) is 6.10. The van der Waals surface area contributed by atoms with Crippen molar-refractivity contribution in [3.8, 4) is 11.4 Å². The maximum atomic E-state index is 13.5. The molecule has 158 valence electrons. The van der Waals surface area contributed by atoms with Crippen LogP contribution in [0, 0.1) is 5.82 Å². The fraction of sp³-hybridized carbons (Fsp3) is 0.600. The topological polar surface area (TPSA) is 79.5 Å². The van der Waals surface area contributed by atoms with Gasteiger partial charge in [0.2, 0.25) is 11.7 Å². The fourth-order valence-corrected chi connectivity index (χ4v) is 5.99. The molecule has 1 aromatic carbocycles. The van der Waals surface area contributed by atoms with Crippen LogP contribution in [0.25, 0.3) is 11.4 Å². The molecule has 2 aromatic rings. The van der Waals surface area contributed by atoms with E-state index in [4.69, 9.17) is 4.52 Å². The van der Waals surface area contributed by atoms with Gasteiger partial charge in [0.05, 0.1) is 5.92 Å². The summed E-state index contributed by atoms with van der Waals surface area (Å²) in [6.45, 7) is 0.824. The van der Waals surface area contributed by atoms with E-state index in [0.717, 1.165) is 38.5 Å². The first-order chi connectivity index (χ1) is 13.9. The quantitative estimate of drug-likeness (QED) is 0.736. The van der Waals surface area contributed by atoms with E-state index in [1.165, 1.54) is 18.6 Å². The number of piperidine rings is 1. The first-order valence-corrected chi connectivity index (χ1v) is 11.7. The number of halogens is 1. The highest BCUT2D eigenvalue weighted by atomic mass is 32.2. The van der Waals surface area contributed by atoms with Gasteiger partial charge in [-0.25, -0.2) is 4.39 Å². The zero-order valence-electron chi connectivity index (χ0n) is 16.6. The molecule has 0 spiro atoms. The molecular weight excluding hydrogens is 395 g/mol. The Morgan fingerprint density at radius 3 is 2.72 bits per heavy atom. The summed E-state index contributed by atoms with van der Waals surface area (Å²) in [4.78, 5) is 4.42. The van der Waals surface area contributed by atoms with E-state index in [1.54, 1.807) is 27.8 Å². The molecule has 2 aliphatic rings. The van der Waals surface area contributed by atoms with Crippen molar-refractivity contribution < 1.29 is 17.3 Å². The van der Waals surface area contributed by atoms with Crippen molar-refractivity contribution in [2.24, 2.45) is 0 Å². The van der Waals surface area contributed by atoms with E-state index in [1.807, 2.05) is 0 Å². The van der Waals surface area contributed by atoms with Gasteiger partial charge in [0.1, 0.15) is 5.82 Å². The number of nitrogens with zero attached hydrogens (tertiary/aromatic N) is 4. The number of benzene rings is 1. The molecule has 2 fully saturated rings. The lowest BCUT2D eigenvalue weighted by Gasteiger charge is -2.37. The fourth-order valence-electron chi connectivity index (χ4n) is 4.31. The number of hydrogen-bond acceptors (Lipinski definition) is 5. The van der Waals surface area contributed by atoms with Crippen LogP contribution in [0.3, 0.4) is 0 Å². The minimum Gasteiger partial charge on any atom is -0.339 e. The largest absolute Gasteiger partial charge is 0.339 e. The second-order valence-corrected chi connectivity index (χ2v) is 9.97. The summed E-state index contributed by atoms with van der Waals surface area (Å²) in [5, 5.41) is 3.97. The predicted molar refractivity (Wildman–Crippen MR) is 107 cm³/mol. The van der Waals surface area contributed by atoms with Gasteiger partial charge < -0.3 is 4.52 Å². The third-order valence-electron chi connectivity index (χ3n) is 6.04. The minimum absolute atomic E-state index is 0.0807. The molecule has 1 aliphatic heterocycles. The Morgan fingerprint density at radius 2 is 1.97 bits per heavy atom. The van der Waals surface area contributed by atoms with Gasteiger partial charge in [-0.2, -0.15) is 22.0 Å². The monoisotopic (exact) mass is 422 g/mol. The molecule has 0 radical (unpaired) electrons. The molecule has 29 heavy (non-hydrogen) atoms. The molecule has 1 aliphatic carbocycles. The molecule has 1 unspecified atom stereocenters. The van der Waals surface area contributed by atoms with Crippen molar-refractivity contribution in [3.63, 3.8) is 0 Å². The van der Waals surface area contributed by atoms with E-state index < -0.39 is 10.2 Å². The van der Waals surface area contributed by atoms with Gasteiger partial charge in [-0.05, 0) is 37.8 Å². The van der Waals surface area contributed by atoms with Crippen LogP contribution in [0.4, 0.5) is 4.39 Å². The summed E-state index contributed by atoms with van der Waals surface area (Å²) >= 11 is 0. The third kappa shape index (κ3) is 4.36. The number of rotatable bonds is 5. The standard InChI is InChI=1S/C20H27FN4O3S/c1-24(18-10-3-2-4-11-18)29(26,27)25-12-6-8-16(14-25)20-22-19(23-28-20)15-7-5-9-17(21)13-15/h5,7,9,13,16,18H,2-4,6,8,10-12,14H2,1H3. The molecule has 0 amide bonds. The predicted octanol–water partition coefficient (Wildman–Crippen LogP) is 3.56. The average Bonchev–Trinajstić information content (AvgIpc) is 3.24. The Morgan fingerprint density at radius 1 is 1.17 bits per heavy atom. The maximum Gasteiger partial charge on any atom is 0.281 e. The summed E-state index contributed by atoms with van der Waals surface area (Å²) in [7, 11) is -1.83. The molecule has 9 heteroatoms. The van der Waals surface area contributed by atoms with Gasteiger partial charge >= 0.3 is 0 Å². The van der Waals surface area contributed by atoms with Crippen LogP contribution in [0.5, 0.6) is 0 Å². The Hall–Kier alpha value is -1.84. The maximum absolute atomic E-state index is 13.5. The normalized spacial score (nSPS) is 22.2. The van der Waals surface area contributed by atoms with Crippen molar-refractivity contribution in [2.75, 3.05) is 20.1 Å². The average molecular weight is 423 g/mol. The highest BCUT2D eigenvalue weighted by Gasteiger charge is 2.37. The zero-order valence-corrected chi connectivity index (χ0v) is 17.4. The van der Waals surface area contributed by atoms with Crippen LogP contribution in [-0.4, -0.2) is 53.3 Å². The first-order valence-electron chi connectivity index (χ1n) is 10.3. The summed E-state index contributed by atoms with van der Waals surface area (Å²) in [5.41, 5.74) is 0.539. The van der Waals surface area contributed by atoms with E-state index in [0.29, 0.717) is 30.4 Å². The van der Waals surface area contributed by atoms with Crippen molar-refractivity contribution in [3.05, 3.63) is 36.0 Å². The first kappa shape index (κ1) is 20.4. The molecule has 4 rings (SSSR count). The van der Waals surface area contributed by atoms with Crippen molar-refractivity contribution in [1.29, 1.82) is 0 Å². The molecule has 1 saturated heterocycles. The molecule has 0 N–H and O–H groups in total. The van der Waals surface area contributed by atoms with Crippen LogP contribution in [0.15, 0.2) is 28.8 Å². The van der Waals surface area contributed by atoms with Crippen LogP contribution >= 0.6 is 0 Å². The molecule has 1 aromatic heterocycles. The summed E-state index contributed by atoms with van der Waals surface area (Å²) in [6.07, 6.45) is 6.71. The third-order valence-corrected chi connectivity index (χ3v) is 8.05. The minimum atomic E-state index is -3.53. The Labute approximate surface area is 171 Å². The van der Waals surface area contributed by atoms with Crippen molar-refractivity contribution >= 4 is 10.2 Å². The van der Waals surface area contributed by atoms with Gasteiger partial charge in [0.15, 0.2) is 0 Å². The second-order valence-electron chi connectivity index (χ2n) is 7.98. The molecule has 1 saturated carbocycles. The van der Waals surface area contributed by atoms with Crippen LogP contribution in [0.1, 0.15) is 56.8 Å². The van der Waals surface area contributed by atoms with E-state index in [-0.39, 0.29) is 17.8 Å². The van der Waals surface area contributed by atoms with Crippen LogP contribution < -0.4 is 0 Å². The molecule has 0 bridgehead atoms. The van der Waals surface area contributed by atoms with Gasteiger partial charge in [-0.15, -0.1) is 0 Å². The molecule has 7 nitrogen and oxygen atoms in total. The van der Waals surface area contributed by atoms with E-state index in [9.17, 15) is 12.8 Å². The molecular formula is C20H27FN4O3S. The lowest BCUT2D eigenvalue weighted by atomic mass is 9.96. The smallest absolute Gasteiger partial charge is 0.281 e. The van der Waals surface area contributed by atoms with Gasteiger partial charge in [0, 0.05) is 31.7 Å². The Bertz CT molecular complexity index is 943. The summed E-state index contributed by atoms with van der Waals surface area (Å²) in [5.74, 6) is 0.200. The van der Waals surface area contributed by atoms with Crippen molar-refractivity contribution in [1.82, 2.24) is 18.8 Å². The van der Waals surface area contributed by atoms with Crippen LogP contribution in [0.2, 0.25) is 0 Å². The van der Waals surface area contributed by atoms with Gasteiger partial charge in [0.25, 0.3) is 10.2 Å². The second kappa shape index (κ2) is 8.49. The van der Waals surface area contributed by atoms with E-state index >= 15 is 0 Å². The van der Waals surface area contributed by atoms with Crippen LogP contribution in [-0.2, 0) is 10.2 Å². The highest BCUT2D eigenvalue weighted by Crippen LogP contribution is 2.31. The lowest BCUT2D eigenvalue weighted by Crippen LogP contribution is -2.49. The lowest BCUT2D eigenvalue weighted by molar-refractivity contribution is 0.230. The Balaban J connectivity index is 1.48. The zero-order chi connectivity index (χ0) is 20.4. The number of aromatic nitrogens is 2. The van der Waals surface area contributed by atoms with Gasteiger partial charge in [-0.1, -0.05) is 36.6 Å². The van der Waals surface area contributed by atoms with Gasteiger partial charge in [-0.3, -0.25) is 0 Å².